The number of halogens is 2. The van der Waals surface area contributed by atoms with E-state index in [-0.39, 0.29) is 51.0 Å². The molecule has 131 valence electrons. The van der Waals surface area contributed by atoms with Crippen LogP contribution in [0.4, 0.5) is 0 Å². The van der Waals surface area contributed by atoms with Gasteiger partial charge >= 0.3 is 26.2 Å². The topological polar surface area (TPSA) is 0 Å². The Hall–Kier alpha value is -0.920. The fourth-order valence-corrected chi connectivity index (χ4v) is 2.49. The Labute approximate surface area is 191 Å². The van der Waals surface area contributed by atoms with Crippen LogP contribution in [0.25, 0.3) is 21.5 Å². The molecular formula is C22H21Cl2SiZr. The minimum Gasteiger partial charge on any atom is -1.00 e. The SMILES string of the molecule is CC=CC[Si].[Cl-].[Cl-].[Zr+4].c1ccc2[cH-]ccc2c1.c1ccc2[cH-]ccc2c1. The van der Waals surface area contributed by atoms with Gasteiger partial charge in [0.05, 0.1) is 0 Å². The minimum absolute atomic E-state index is 0. The van der Waals surface area contributed by atoms with Gasteiger partial charge in [-0.15, -0.1) is 59.3 Å². The summed E-state index contributed by atoms with van der Waals surface area (Å²) in [6.07, 6.45) is 4.05. The Morgan fingerprint density at radius 1 is 0.769 bits per heavy atom. The molecule has 0 fully saturated rings. The summed E-state index contributed by atoms with van der Waals surface area (Å²) in [4.78, 5) is 0. The molecule has 4 aromatic rings. The maximum atomic E-state index is 3.26. The minimum atomic E-state index is 0. The van der Waals surface area contributed by atoms with Gasteiger partial charge in [-0.3, -0.25) is 0 Å². The van der Waals surface area contributed by atoms with Gasteiger partial charge in [0.1, 0.15) is 0 Å². The number of benzene rings is 2. The molecule has 0 saturated heterocycles. The Morgan fingerprint density at radius 3 is 1.50 bits per heavy atom. The molecule has 0 aliphatic carbocycles. The van der Waals surface area contributed by atoms with Crippen molar-refractivity contribution in [3.05, 3.63) is 97.1 Å². The van der Waals surface area contributed by atoms with Crippen molar-refractivity contribution in [2.45, 2.75) is 13.0 Å². The van der Waals surface area contributed by atoms with Crippen molar-refractivity contribution in [3.8, 4) is 0 Å². The van der Waals surface area contributed by atoms with Crippen molar-refractivity contribution in [3.63, 3.8) is 0 Å². The molecule has 0 aliphatic heterocycles. The molecule has 0 aromatic heterocycles. The summed E-state index contributed by atoms with van der Waals surface area (Å²) >= 11 is 0. The van der Waals surface area contributed by atoms with E-state index in [4.69, 9.17) is 0 Å². The van der Waals surface area contributed by atoms with Crippen LogP contribution in [0.15, 0.2) is 97.1 Å². The monoisotopic (exact) mass is 473 g/mol. The van der Waals surface area contributed by atoms with Crippen LogP contribution in [-0.4, -0.2) is 10.2 Å². The zero-order chi connectivity index (χ0) is 16.3. The summed E-state index contributed by atoms with van der Waals surface area (Å²) in [6, 6.07) is 30.3. The van der Waals surface area contributed by atoms with E-state index < -0.39 is 0 Å². The number of hydrogen-bond donors (Lipinski definition) is 0. The molecule has 0 amide bonds. The first-order valence-corrected chi connectivity index (χ1v) is 8.52. The average Bonchev–Trinajstić information content (AvgIpc) is 3.26. The van der Waals surface area contributed by atoms with Crippen LogP contribution in [-0.2, 0) is 26.2 Å². The van der Waals surface area contributed by atoms with Gasteiger partial charge in [0.25, 0.3) is 0 Å². The molecule has 4 heteroatoms. The second-order valence-electron chi connectivity index (χ2n) is 5.08. The van der Waals surface area contributed by atoms with Crippen molar-refractivity contribution < 1.29 is 51.0 Å². The number of fused-ring (bicyclic) bond motifs is 2. The fraction of sp³-hybridized carbons (Fsp3) is 0.0909. The maximum absolute atomic E-state index is 3.26. The predicted molar refractivity (Wildman–Crippen MR) is 104 cm³/mol. The summed E-state index contributed by atoms with van der Waals surface area (Å²) in [7, 11) is 3.26. The van der Waals surface area contributed by atoms with E-state index >= 15 is 0 Å². The zero-order valence-corrected chi connectivity index (χ0v) is 19.7. The van der Waals surface area contributed by atoms with Gasteiger partial charge in [-0.1, -0.05) is 24.3 Å². The quantitative estimate of drug-likeness (QED) is 0.211. The van der Waals surface area contributed by atoms with Crippen LogP contribution in [0.1, 0.15) is 6.92 Å². The largest absolute Gasteiger partial charge is 4.00 e. The summed E-state index contributed by atoms with van der Waals surface area (Å²) in [5.74, 6) is 0. The van der Waals surface area contributed by atoms with E-state index in [1.807, 2.05) is 19.1 Å². The van der Waals surface area contributed by atoms with E-state index in [1.165, 1.54) is 21.5 Å². The molecule has 4 aromatic carbocycles. The Morgan fingerprint density at radius 2 is 1.19 bits per heavy atom. The van der Waals surface area contributed by atoms with E-state index in [9.17, 15) is 0 Å². The molecule has 0 N–H and O–H groups in total. The molecule has 4 rings (SSSR count). The van der Waals surface area contributed by atoms with Gasteiger partial charge in [0, 0.05) is 10.2 Å². The van der Waals surface area contributed by atoms with Crippen molar-refractivity contribution in [1.29, 1.82) is 0 Å². The predicted octanol–water partition coefficient (Wildman–Crippen LogP) is 0.272. The van der Waals surface area contributed by atoms with Crippen LogP contribution < -0.4 is 24.8 Å². The van der Waals surface area contributed by atoms with Crippen molar-refractivity contribution >= 4 is 31.8 Å². The smallest absolute Gasteiger partial charge is 1.00 e. The molecular weight excluding hydrogens is 454 g/mol. The van der Waals surface area contributed by atoms with Gasteiger partial charge in [0.2, 0.25) is 0 Å². The van der Waals surface area contributed by atoms with E-state index in [0.29, 0.717) is 0 Å². The molecule has 0 atom stereocenters. The van der Waals surface area contributed by atoms with Crippen LogP contribution in [0, 0.1) is 0 Å². The third-order valence-corrected chi connectivity index (χ3v) is 3.68. The van der Waals surface area contributed by atoms with Crippen molar-refractivity contribution in [2.24, 2.45) is 0 Å². The number of hydrogen-bond acceptors (Lipinski definition) is 0. The molecule has 0 spiro atoms. The third kappa shape index (κ3) is 9.14. The fourth-order valence-electron chi connectivity index (χ4n) is 2.26. The second-order valence-corrected chi connectivity index (χ2v) is 5.49. The van der Waals surface area contributed by atoms with Gasteiger partial charge in [-0.25, -0.2) is 0 Å². The molecule has 26 heavy (non-hydrogen) atoms. The van der Waals surface area contributed by atoms with Crippen LogP contribution >= 0.6 is 0 Å². The molecule has 0 bridgehead atoms. The average molecular weight is 476 g/mol. The Kier molecular flexibility index (Phi) is 17.1. The van der Waals surface area contributed by atoms with Crippen LogP contribution in [0.2, 0.25) is 6.04 Å². The summed E-state index contributed by atoms with van der Waals surface area (Å²) in [5, 5.41) is 5.32. The van der Waals surface area contributed by atoms with Gasteiger partial charge in [-0.2, -0.15) is 35.0 Å². The first-order chi connectivity index (χ1) is 11.3. The van der Waals surface area contributed by atoms with Gasteiger partial charge in [0.15, 0.2) is 0 Å². The van der Waals surface area contributed by atoms with Gasteiger partial charge in [-0.05, 0) is 13.0 Å². The number of rotatable bonds is 1. The second kappa shape index (κ2) is 16.3. The van der Waals surface area contributed by atoms with E-state index in [2.05, 4.69) is 95.2 Å². The van der Waals surface area contributed by atoms with Crippen molar-refractivity contribution in [1.82, 2.24) is 0 Å². The standard InChI is InChI=1S/2C9H7.C4H7Si.2ClH.Zr/c2*1-2-5-9-7-3-6-8(9)4-1;1-2-3-4-5;;;/h2*1-7H;2-3H,4H2,1H3;2*1H;/q2*-1;;;;+4/p-2. The first kappa shape index (κ1) is 27.3. The van der Waals surface area contributed by atoms with Crippen LogP contribution in [0.5, 0.6) is 0 Å². The van der Waals surface area contributed by atoms with Crippen LogP contribution in [0.3, 0.4) is 0 Å². The number of allylic oxidation sites excluding steroid dienone is 2. The molecule has 0 saturated carbocycles. The third-order valence-electron chi connectivity index (χ3n) is 3.45. The molecule has 0 heterocycles. The van der Waals surface area contributed by atoms with E-state index in [1.54, 1.807) is 0 Å². The molecule has 0 aliphatic rings. The molecule has 3 radical (unpaired) electrons. The zero-order valence-electron chi connectivity index (χ0n) is 14.7. The Bertz CT molecular complexity index is 723. The van der Waals surface area contributed by atoms with Gasteiger partial charge < -0.3 is 24.8 Å². The molecule has 0 unspecified atom stereocenters. The van der Waals surface area contributed by atoms with Crippen molar-refractivity contribution in [2.75, 3.05) is 0 Å². The summed E-state index contributed by atoms with van der Waals surface area (Å²) in [6.45, 7) is 2.00. The van der Waals surface area contributed by atoms with E-state index in [0.717, 1.165) is 6.04 Å². The summed E-state index contributed by atoms with van der Waals surface area (Å²) in [5.41, 5.74) is 0. The summed E-state index contributed by atoms with van der Waals surface area (Å²) < 4.78 is 0. The maximum Gasteiger partial charge on any atom is 4.00 e. The molecule has 0 nitrogen and oxygen atoms in total. The normalized spacial score (nSPS) is 9.00. The Balaban J connectivity index is 0. The first-order valence-electron chi connectivity index (χ1n) is 7.82.